The molecule has 1 saturated carbocycles. The minimum absolute atomic E-state index is 0.0204. The lowest BCUT2D eigenvalue weighted by Gasteiger charge is -2.30. The Morgan fingerprint density at radius 3 is 2.26 bits per heavy atom. The van der Waals surface area contributed by atoms with E-state index in [1.165, 1.54) is 4.90 Å². The van der Waals surface area contributed by atoms with E-state index in [1.54, 1.807) is 6.92 Å². The number of hydrogen-bond donors (Lipinski definition) is 0. The summed E-state index contributed by atoms with van der Waals surface area (Å²) in [6, 6.07) is 0.0965. The Kier molecular flexibility index (Phi) is 5.63. The van der Waals surface area contributed by atoms with Gasteiger partial charge in [0.05, 0.1) is 6.61 Å². The maximum absolute atomic E-state index is 12.2. The Morgan fingerprint density at radius 1 is 1.21 bits per heavy atom. The average Bonchev–Trinajstić information content (AvgIpc) is 2.76. The zero-order chi connectivity index (χ0) is 14.5. The van der Waals surface area contributed by atoms with Crippen molar-refractivity contribution in [2.75, 3.05) is 13.2 Å². The molecule has 1 amide bonds. The number of ether oxygens (including phenoxy) is 2. The molecule has 19 heavy (non-hydrogen) atoms. The van der Waals surface area contributed by atoms with Crippen molar-refractivity contribution in [2.24, 2.45) is 0 Å². The van der Waals surface area contributed by atoms with E-state index >= 15 is 0 Å². The summed E-state index contributed by atoms with van der Waals surface area (Å²) in [5, 5.41) is 0. The highest BCUT2D eigenvalue weighted by Gasteiger charge is 2.32. The van der Waals surface area contributed by atoms with E-state index in [9.17, 15) is 9.59 Å². The lowest BCUT2D eigenvalue weighted by atomic mass is 10.2. The van der Waals surface area contributed by atoms with Crippen LogP contribution in [0.2, 0.25) is 0 Å². The molecule has 1 fully saturated rings. The van der Waals surface area contributed by atoms with E-state index in [2.05, 4.69) is 0 Å². The van der Waals surface area contributed by atoms with Crippen molar-refractivity contribution in [1.82, 2.24) is 4.90 Å². The second kappa shape index (κ2) is 6.78. The molecule has 110 valence electrons. The molecule has 0 spiro atoms. The van der Waals surface area contributed by atoms with Crippen LogP contribution in [0.5, 0.6) is 0 Å². The summed E-state index contributed by atoms with van der Waals surface area (Å²) in [4.78, 5) is 25.3. The van der Waals surface area contributed by atoms with Crippen LogP contribution < -0.4 is 0 Å². The summed E-state index contributed by atoms with van der Waals surface area (Å²) in [5.74, 6) is -0.375. The summed E-state index contributed by atoms with van der Waals surface area (Å²) in [5.41, 5.74) is -0.553. The van der Waals surface area contributed by atoms with Crippen LogP contribution in [0.25, 0.3) is 0 Å². The van der Waals surface area contributed by atoms with Gasteiger partial charge >= 0.3 is 12.1 Å². The highest BCUT2D eigenvalue weighted by atomic mass is 16.6. The van der Waals surface area contributed by atoms with Gasteiger partial charge in [-0.05, 0) is 40.5 Å². The average molecular weight is 271 g/mol. The fourth-order valence-electron chi connectivity index (χ4n) is 2.22. The SMILES string of the molecule is CCOC(=O)CN(C(=O)OC(C)(C)C)C1CCCC1. The van der Waals surface area contributed by atoms with Gasteiger partial charge in [0, 0.05) is 6.04 Å². The molecule has 0 bridgehead atoms. The van der Waals surface area contributed by atoms with Crippen LogP contribution in [0, 0.1) is 0 Å². The van der Waals surface area contributed by atoms with Crippen LogP contribution in [0.15, 0.2) is 0 Å². The van der Waals surface area contributed by atoms with E-state index < -0.39 is 11.7 Å². The van der Waals surface area contributed by atoms with Crippen molar-refractivity contribution >= 4 is 12.1 Å². The van der Waals surface area contributed by atoms with E-state index in [0.717, 1.165) is 25.7 Å². The number of amides is 1. The third-order valence-corrected chi connectivity index (χ3v) is 3.00. The molecule has 5 nitrogen and oxygen atoms in total. The molecule has 0 radical (unpaired) electrons. The molecule has 5 heteroatoms. The van der Waals surface area contributed by atoms with Gasteiger partial charge in [-0.1, -0.05) is 12.8 Å². The monoisotopic (exact) mass is 271 g/mol. The van der Waals surface area contributed by atoms with Crippen LogP contribution in [-0.4, -0.2) is 41.8 Å². The first kappa shape index (κ1) is 15.8. The first-order chi connectivity index (χ1) is 8.83. The van der Waals surface area contributed by atoms with Crippen molar-refractivity contribution in [3.63, 3.8) is 0 Å². The molecule has 0 aliphatic heterocycles. The predicted octanol–water partition coefficient (Wildman–Crippen LogP) is 2.73. The summed E-state index contributed by atoms with van der Waals surface area (Å²) in [6.45, 7) is 7.52. The van der Waals surface area contributed by atoms with Gasteiger partial charge in [-0.25, -0.2) is 4.79 Å². The number of nitrogens with zero attached hydrogens (tertiary/aromatic N) is 1. The molecule has 0 aromatic heterocycles. The van der Waals surface area contributed by atoms with E-state index in [1.807, 2.05) is 20.8 Å². The molecule has 1 rings (SSSR count). The predicted molar refractivity (Wildman–Crippen MR) is 71.8 cm³/mol. The van der Waals surface area contributed by atoms with Gasteiger partial charge in [0.1, 0.15) is 12.1 Å². The molecule has 1 aliphatic rings. The lowest BCUT2D eigenvalue weighted by molar-refractivity contribution is -0.144. The third kappa shape index (κ3) is 5.49. The molecule has 0 aromatic rings. The van der Waals surface area contributed by atoms with Gasteiger partial charge in [0.2, 0.25) is 0 Å². The van der Waals surface area contributed by atoms with Gasteiger partial charge in [-0.15, -0.1) is 0 Å². The van der Waals surface area contributed by atoms with Gasteiger partial charge in [0.25, 0.3) is 0 Å². The third-order valence-electron chi connectivity index (χ3n) is 3.00. The zero-order valence-corrected chi connectivity index (χ0v) is 12.4. The Bertz CT molecular complexity index is 316. The molecule has 0 unspecified atom stereocenters. The molecule has 0 heterocycles. The normalized spacial score (nSPS) is 16.2. The maximum atomic E-state index is 12.2. The van der Waals surface area contributed by atoms with Crippen LogP contribution in [0.3, 0.4) is 0 Å². The molecule has 0 N–H and O–H groups in total. The summed E-state index contributed by atoms with van der Waals surface area (Å²) in [6.07, 6.45) is 3.61. The lowest BCUT2D eigenvalue weighted by Crippen LogP contribution is -2.45. The van der Waals surface area contributed by atoms with Crippen LogP contribution >= 0.6 is 0 Å². The second-order valence-corrected chi connectivity index (χ2v) is 5.85. The Labute approximate surface area is 115 Å². The van der Waals surface area contributed by atoms with Crippen molar-refractivity contribution < 1.29 is 19.1 Å². The quantitative estimate of drug-likeness (QED) is 0.738. The molecule has 0 atom stereocenters. The van der Waals surface area contributed by atoms with Crippen LogP contribution in [0.1, 0.15) is 53.4 Å². The second-order valence-electron chi connectivity index (χ2n) is 5.85. The smallest absolute Gasteiger partial charge is 0.411 e. The molecule has 0 aromatic carbocycles. The summed E-state index contributed by atoms with van der Waals surface area (Å²) in [7, 11) is 0. The number of carbonyl (C=O) groups is 2. The Balaban J connectivity index is 2.68. The van der Waals surface area contributed by atoms with Gasteiger partial charge in [-0.3, -0.25) is 9.69 Å². The van der Waals surface area contributed by atoms with Crippen LogP contribution in [0.4, 0.5) is 4.79 Å². The van der Waals surface area contributed by atoms with Gasteiger partial charge < -0.3 is 9.47 Å². The minimum Gasteiger partial charge on any atom is -0.465 e. The standard InChI is InChI=1S/C14H25NO4/c1-5-18-12(16)10-15(11-8-6-7-9-11)13(17)19-14(2,3)4/h11H,5-10H2,1-4H3. The van der Waals surface area contributed by atoms with Crippen molar-refractivity contribution in [1.29, 1.82) is 0 Å². The number of esters is 1. The maximum Gasteiger partial charge on any atom is 0.411 e. The topological polar surface area (TPSA) is 55.8 Å². The Morgan fingerprint density at radius 2 is 1.79 bits per heavy atom. The zero-order valence-electron chi connectivity index (χ0n) is 12.4. The molecule has 1 aliphatic carbocycles. The molecular weight excluding hydrogens is 246 g/mol. The molecular formula is C14H25NO4. The summed E-state index contributed by atoms with van der Waals surface area (Å²) >= 11 is 0. The van der Waals surface area contributed by atoms with Gasteiger partial charge in [0.15, 0.2) is 0 Å². The largest absolute Gasteiger partial charge is 0.465 e. The molecule has 0 saturated heterocycles. The van der Waals surface area contributed by atoms with Gasteiger partial charge in [-0.2, -0.15) is 0 Å². The number of hydrogen-bond acceptors (Lipinski definition) is 4. The van der Waals surface area contributed by atoms with E-state index in [-0.39, 0.29) is 18.6 Å². The highest BCUT2D eigenvalue weighted by Crippen LogP contribution is 2.25. The van der Waals surface area contributed by atoms with Crippen molar-refractivity contribution in [3.05, 3.63) is 0 Å². The minimum atomic E-state index is -0.553. The first-order valence-corrected chi connectivity index (χ1v) is 6.98. The summed E-state index contributed by atoms with van der Waals surface area (Å²) < 4.78 is 10.3. The fraction of sp³-hybridized carbons (Fsp3) is 0.857. The Hall–Kier alpha value is -1.26. The number of rotatable bonds is 4. The van der Waals surface area contributed by atoms with E-state index in [4.69, 9.17) is 9.47 Å². The fourth-order valence-corrected chi connectivity index (χ4v) is 2.22. The number of carbonyl (C=O) groups excluding carboxylic acids is 2. The van der Waals surface area contributed by atoms with Crippen molar-refractivity contribution in [2.45, 2.75) is 65.0 Å². The van der Waals surface area contributed by atoms with E-state index in [0.29, 0.717) is 6.61 Å². The van der Waals surface area contributed by atoms with Crippen LogP contribution in [-0.2, 0) is 14.3 Å². The van der Waals surface area contributed by atoms with Crippen molar-refractivity contribution in [3.8, 4) is 0 Å². The highest BCUT2D eigenvalue weighted by molar-refractivity contribution is 5.78. The first-order valence-electron chi connectivity index (χ1n) is 6.98.